The molecule has 0 spiro atoms. The Labute approximate surface area is 94.4 Å². The number of nitrogens with zero attached hydrogens (tertiary/aromatic N) is 1. The van der Waals surface area contributed by atoms with Crippen molar-refractivity contribution in [3.8, 4) is 0 Å². The largest absolute Gasteiger partial charge is 0.314 e. The SMILES string of the molecule is CN(CCCC1CCCCN1)CC1CC1. The Balaban J connectivity index is 1.49. The number of rotatable bonds is 6. The van der Waals surface area contributed by atoms with E-state index in [1.54, 1.807) is 0 Å². The quantitative estimate of drug-likeness (QED) is 0.723. The topological polar surface area (TPSA) is 15.3 Å². The van der Waals surface area contributed by atoms with Crippen LogP contribution in [0.25, 0.3) is 0 Å². The van der Waals surface area contributed by atoms with Gasteiger partial charge in [-0.25, -0.2) is 0 Å². The summed E-state index contributed by atoms with van der Waals surface area (Å²) in [6.07, 6.45) is 9.96. The van der Waals surface area contributed by atoms with Gasteiger partial charge in [0.1, 0.15) is 0 Å². The van der Waals surface area contributed by atoms with Crippen LogP contribution in [0.3, 0.4) is 0 Å². The molecule has 1 heterocycles. The van der Waals surface area contributed by atoms with Gasteiger partial charge in [0.05, 0.1) is 0 Å². The fraction of sp³-hybridized carbons (Fsp3) is 1.00. The maximum atomic E-state index is 3.63. The first-order valence-corrected chi connectivity index (χ1v) is 6.76. The van der Waals surface area contributed by atoms with E-state index in [0.717, 1.165) is 12.0 Å². The van der Waals surface area contributed by atoms with Gasteiger partial charge in [-0.1, -0.05) is 6.42 Å². The summed E-state index contributed by atoms with van der Waals surface area (Å²) in [6.45, 7) is 3.90. The third-order valence-electron chi connectivity index (χ3n) is 3.77. The van der Waals surface area contributed by atoms with Crippen LogP contribution in [0, 0.1) is 5.92 Å². The lowest BCUT2D eigenvalue weighted by Crippen LogP contribution is -2.34. The molecule has 1 saturated heterocycles. The highest BCUT2D eigenvalue weighted by molar-refractivity contribution is 4.77. The molecule has 2 heteroatoms. The molecule has 88 valence electrons. The highest BCUT2D eigenvalue weighted by Crippen LogP contribution is 2.29. The molecule has 0 aromatic heterocycles. The van der Waals surface area contributed by atoms with E-state index in [1.165, 1.54) is 64.6 Å². The molecular weight excluding hydrogens is 184 g/mol. The van der Waals surface area contributed by atoms with E-state index in [9.17, 15) is 0 Å². The van der Waals surface area contributed by atoms with Crippen molar-refractivity contribution in [1.29, 1.82) is 0 Å². The fourth-order valence-corrected chi connectivity index (χ4v) is 2.61. The van der Waals surface area contributed by atoms with E-state index in [-0.39, 0.29) is 0 Å². The summed E-state index contributed by atoms with van der Waals surface area (Å²) in [7, 11) is 2.28. The van der Waals surface area contributed by atoms with Crippen molar-refractivity contribution in [2.45, 2.75) is 51.0 Å². The van der Waals surface area contributed by atoms with Crippen molar-refractivity contribution >= 4 is 0 Å². The highest BCUT2D eigenvalue weighted by atomic mass is 15.1. The molecule has 15 heavy (non-hydrogen) atoms. The zero-order chi connectivity index (χ0) is 10.5. The first-order chi connectivity index (χ1) is 7.34. The molecular formula is C13H26N2. The molecule has 2 fully saturated rings. The Morgan fingerprint density at radius 3 is 2.73 bits per heavy atom. The van der Waals surface area contributed by atoms with Crippen molar-refractivity contribution in [2.24, 2.45) is 5.92 Å². The first kappa shape index (κ1) is 11.4. The van der Waals surface area contributed by atoms with Crippen LogP contribution in [-0.2, 0) is 0 Å². The van der Waals surface area contributed by atoms with Crippen molar-refractivity contribution in [3.63, 3.8) is 0 Å². The number of nitrogens with one attached hydrogen (secondary N) is 1. The van der Waals surface area contributed by atoms with Crippen LogP contribution in [0.15, 0.2) is 0 Å². The standard InChI is InChI=1S/C13H26N2/c1-15(11-12-7-8-12)10-4-6-13-5-2-3-9-14-13/h12-14H,2-11H2,1H3. The van der Waals surface area contributed by atoms with Crippen LogP contribution < -0.4 is 5.32 Å². The van der Waals surface area contributed by atoms with Crippen molar-refractivity contribution in [3.05, 3.63) is 0 Å². The summed E-state index contributed by atoms with van der Waals surface area (Å²) in [4.78, 5) is 2.53. The van der Waals surface area contributed by atoms with Crippen LogP contribution in [0.2, 0.25) is 0 Å². The van der Waals surface area contributed by atoms with E-state index in [1.807, 2.05) is 0 Å². The minimum Gasteiger partial charge on any atom is -0.314 e. The average Bonchev–Trinajstić information content (AvgIpc) is 3.03. The molecule has 2 rings (SSSR count). The van der Waals surface area contributed by atoms with Gasteiger partial charge in [-0.3, -0.25) is 0 Å². The van der Waals surface area contributed by atoms with Crippen molar-refractivity contribution in [2.75, 3.05) is 26.7 Å². The van der Waals surface area contributed by atoms with Gasteiger partial charge in [0.2, 0.25) is 0 Å². The monoisotopic (exact) mass is 210 g/mol. The maximum Gasteiger partial charge on any atom is 0.00675 e. The lowest BCUT2D eigenvalue weighted by Gasteiger charge is -2.24. The zero-order valence-electron chi connectivity index (χ0n) is 10.2. The molecule has 0 bridgehead atoms. The van der Waals surface area contributed by atoms with Gasteiger partial charge < -0.3 is 10.2 Å². The number of hydrogen-bond donors (Lipinski definition) is 1. The van der Waals surface area contributed by atoms with Crippen LogP contribution in [0.1, 0.15) is 44.9 Å². The van der Waals surface area contributed by atoms with Crippen molar-refractivity contribution < 1.29 is 0 Å². The van der Waals surface area contributed by atoms with Gasteiger partial charge in [-0.2, -0.15) is 0 Å². The summed E-state index contributed by atoms with van der Waals surface area (Å²) in [5.74, 6) is 1.04. The lowest BCUT2D eigenvalue weighted by molar-refractivity contribution is 0.294. The zero-order valence-corrected chi connectivity index (χ0v) is 10.2. The summed E-state index contributed by atoms with van der Waals surface area (Å²) in [5.41, 5.74) is 0. The summed E-state index contributed by atoms with van der Waals surface area (Å²) in [6, 6.07) is 0.827. The van der Waals surface area contributed by atoms with E-state index in [4.69, 9.17) is 0 Å². The van der Waals surface area contributed by atoms with Gasteiger partial charge >= 0.3 is 0 Å². The molecule has 0 radical (unpaired) electrons. The molecule has 0 aromatic rings. The normalized spacial score (nSPS) is 27.2. The maximum absolute atomic E-state index is 3.63. The number of piperidine rings is 1. The average molecular weight is 210 g/mol. The van der Waals surface area contributed by atoms with E-state index in [2.05, 4.69) is 17.3 Å². The molecule has 1 atom stereocenters. The molecule has 1 N–H and O–H groups in total. The van der Waals surface area contributed by atoms with E-state index < -0.39 is 0 Å². The van der Waals surface area contributed by atoms with E-state index >= 15 is 0 Å². The van der Waals surface area contributed by atoms with Crippen LogP contribution in [0.5, 0.6) is 0 Å². The molecule has 0 amide bonds. The van der Waals surface area contributed by atoms with E-state index in [0.29, 0.717) is 0 Å². The van der Waals surface area contributed by atoms with Gasteiger partial charge in [0, 0.05) is 12.6 Å². The second-order valence-electron chi connectivity index (χ2n) is 5.49. The minimum atomic E-state index is 0.827. The Kier molecular flexibility index (Phi) is 4.45. The Hall–Kier alpha value is -0.0800. The van der Waals surface area contributed by atoms with Crippen LogP contribution in [0.4, 0.5) is 0 Å². The third-order valence-corrected chi connectivity index (χ3v) is 3.77. The molecule has 1 saturated carbocycles. The van der Waals surface area contributed by atoms with Gasteiger partial charge in [-0.05, 0) is 64.6 Å². The second kappa shape index (κ2) is 5.86. The molecule has 0 aromatic carbocycles. The van der Waals surface area contributed by atoms with Gasteiger partial charge in [-0.15, -0.1) is 0 Å². The smallest absolute Gasteiger partial charge is 0.00675 e. The molecule has 1 aliphatic carbocycles. The molecule has 1 unspecified atom stereocenters. The van der Waals surface area contributed by atoms with Crippen LogP contribution in [-0.4, -0.2) is 37.6 Å². The van der Waals surface area contributed by atoms with Gasteiger partial charge in [0.15, 0.2) is 0 Å². The summed E-state index contributed by atoms with van der Waals surface area (Å²) in [5, 5.41) is 3.63. The summed E-state index contributed by atoms with van der Waals surface area (Å²) >= 11 is 0. The predicted molar refractivity (Wildman–Crippen MR) is 65.1 cm³/mol. The minimum absolute atomic E-state index is 0.827. The Morgan fingerprint density at radius 1 is 1.20 bits per heavy atom. The second-order valence-corrected chi connectivity index (χ2v) is 5.49. The van der Waals surface area contributed by atoms with Crippen LogP contribution >= 0.6 is 0 Å². The molecule has 1 aliphatic heterocycles. The highest BCUT2D eigenvalue weighted by Gasteiger charge is 2.22. The van der Waals surface area contributed by atoms with Crippen molar-refractivity contribution in [1.82, 2.24) is 10.2 Å². The first-order valence-electron chi connectivity index (χ1n) is 6.76. The Morgan fingerprint density at radius 2 is 2.07 bits per heavy atom. The predicted octanol–water partition coefficient (Wildman–Crippen LogP) is 2.25. The molecule has 2 aliphatic rings. The Bertz CT molecular complexity index is 171. The lowest BCUT2D eigenvalue weighted by atomic mass is 10.0. The fourth-order valence-electron chi connectivity index (χ4n) is 2.61. The summed E-state index contributed by atoms with van der Waals surface area (Å²) < 4.78 is 0. The number of hydrogen-bond acceptors (Lipinski definition) is 2. The molecule has 2 nitrogen and oxygen atoms in total. The van der Waals surface area contributed by atoms with Gasteiger partial charge in [0.25, 0.3) is 0 Å². The third kappa shape index (κ3) is 4.52.